The normalized spacial score (nSPS) is 29.4. The second kappa shape index (κ2) is 4.16. The SMILES string of the molecule is CON=CC1=Cc2ccccc2OC12CCC2C. The fourth-order valence-corrected chi connectivity index (χ4v) is 2.77. The van der Waals surface area contributed by atoms with E-state index in [1.807, 2.05) is 18.2 Å². The molecule has 1 aromatic carbocycles. The molecule has 1 fully saturated rings. The van der Waals surface area contributed by atoms with E-state index in [2.05, 4.69) is 24.2 Å². The predicted molar refractivity (Wildman–Crippen MR) is 71.7 cm³/mol. The largest absolute Gasteiger partial charge is 0.482 e. The highest BCUT2D eigenvalue weighted by Gasteiger charge is 2.50. The Hall–Kier alpha value is -1.77. The molecule has 2 unspecified atom stereocenters. The van der Waals surface area contributed by atoms with Gasteiger partial charge >= 0.3 is 0 Å². The highest BCUT2D eigenvalue weighted by Crippen LogP contribution is 2.50. The van der Waals surface area contributed by atoms with Gasteiger partial charge in [0.25, 0.3) is 0 Å². The Balaban J connectivity index is 2.05. The summed E-state index contributed by atoms with van der Waals surface area (Å²) in [7, 11) is 1.56. The smallest absolute Gasteiger partial charge is 0.138 e. The fraction of sp³-hybridized carbons (Fsp3) is 0.400. The van der Waals surface area contributed by atoms with E-state index >= 15 is 0 Å². The molecule has 0 N–H and O–H groups in total. The van der Waals surface area contributed by atoms with Crippen LogP contribution in [0.3, 0.4) is 0 Å². The summed E-state index contributed by atoms with van der Waals surface area (Å²) in [5.41, 5.74) is 2.03. The summed E-state index contributed by atoms with van der Waals surface area (Å²) in [6.07, 6.45) is 6.19. The number of ether oxygens (including phenoxy) is 1. The van der Waals surface area contributed by atoms with Gasteiger partial charge in [-0.05, 0) is 25.0 Å². The number of rotatable bonds is 2. The van der Waals surface area contributed by atoms with Gasteiger partial charge in [-0.1, -0.05) is 30.3 Å². The van der Waals surface area contributed by atoms with Gasteiger partial charge in [0.2, 0.25) is 0 Å². The first-order valence-electron chi connectivity index (χ1n) is 6.33. The van der Waals surface area contributed by atoms with Crippen LogP contribution in [0, 0.1) is 5.92 Å². The molecule has 94 valence electrons. The summed E-state index contributed by atoms with van der Waals surface area (Å²) in [5, 5.41) is 3.91. The minimum Gasteiger partial charge on any atom is -0.482 e. The lowest BCUT2D eigenvalue weighted by Crippen LogP contribution is -2.53. The fourth-order valence-electron chi connectivity index (χ4n) is 2.77. The van der Waals surface area contributed by atoms with Gasteiger partial charge in [-0.15, -0.1) is 0 Å². The molecule has 1 spiro atoms. The average molecular weight is 243 g/mol. The predicted octanol–water partition coefficient (Wildman–Crippen LogP) is 3.26. The third-order valence-corrected chi connectivity index (χ3v) is 4.05. The van der Waals surface area contributed by atoms with Crippen LogP contribution in [-0.2, 0) is 4.84 Å². The summed E-state index contributed by atoms with van der Waals surface area (Å²) >= 11 is 0. The molecular formula is C15H17NO2. The van der Waals surface area contributed by atoms with Gasteiger partial charge in [-0.3, -0.25) is 0 Å². The van der Waals surface area contributed by atoms with Crippen molar-refractivity contribution in [2.45, 2.75) is 25.4 Å². The number of hydrogen-bond donors (Lipinski definition) is 0. The van der Waals surface area contributed by atoms with Crippen molar-refractivity contribution in [3.63, 3.8) is 0 Å². The van der Waals surface area contributed by atoms with Crippen LogP contribution < -0.4 is 4.74 Å². The molecule has 0 amide bonds. The highest BCUT2D eigenvalue weighted by atomic mass is 16.6. The zero-order valence-electron chi connectivity index (χ0n) is 10.7. The van der Waals surface area contributed by atoms with E-state index in [1.54, 1.807) is 13.3 Å². The first-order chi connectivity index (χ1) is 8.76. The van der Waals surface area contributed by atoms with Gasteiger partial charge in [0.05, 0.1) is 6.21 Å². The molecule has 1 aromatic rings. The highest BCUT2D eigenvalue weighted by molar-refractivity contribution is 5.90. The van der Waals surface area contributed by atoms with Gasteiger partial charge in [-0.25, -0.2) is 0 Å². The number of oxime groups is 1. The van der Waals surface area contributed by atoms with E-state index in [9.17, 15) is 0 Å². The topological polar surface area (TPSA) is 30.8 Å². The van der Waals surface area contributed by atoms with E-state index in [0.29, 0.717) is 5.92 Å². The molecule has 0 saturated heterocycles. The van der Waals surface area contributed by atoms with Crippen molar-refractivity contribution < 1.29 is 9.57 Å². The maximum atomic E-state index is 6.26. The van der Waals surface area contributed by atoms with Crippen molar-refractivity contribution >= 4 is 12.3 Å². The van der Waals surface area contributed by atoms with E-state index in [0.717, 1.165) is 23.3 Å². The van der Waals surface area contributed by atoms with Gasteiger partial charge in [0.15, 0.2) is 0 Å². The molecule has 3 heteroatoms. The molecule has 0 bridgehead atoms. The zero-order valence-corrected chi connectivity index (χ0v) is 10.7. The second-order valence-corrected chi connectivity index (χ2v) is 4.99. The van der Waals surface area contributed by atoms with Gasteiger partial charge in [0.1, 0.15) is 18.5 Å². The molecule has 0 radical (unpaired) electrons. The van der Waals surface area contributed by atoms with Crippen molar-refractivity contribution in [1.82, 2.24) is 0 Å². The van der Waals surface area contributed by atoms with Crippen molar-refractivity contribution in [2.75, 3.05) is 7.11 Å². The molecule has 1 saturated carbocycles. The van der Waals surface area contributed by atoms with Crippen molar-refractivity contribution in [3.8, 4) is 5.75 Å². The van der Waals surface area contributed by atoms with Crippen LogP contribution in [0.25, 0.3) is 6.08 Å². The Morgan fingerprint density at radius 3 is 2.94 bits per heavy atom. The zero-order chi connectivity index (χ0) is 12.6. The lowest BCUT2D eigenvalue weighted by molar-refractivity contribution is -0.0255. The number of nitrogens with zero attached hydrogens (tertiary/aromatic N) is 1. The van der Waals surface area contributed by atoms with Crippen LogP contribution in [0.2, 0.25) is 0 Å². The minimum atomic E-state index is -0.198. The van der Waals surface area contributed by atoms with E-state index in [-0.39, 0.29) is 5.60 Å². The Labute approximate surface area is 107 Å². The van der Waals surface area contributed by atoms with Gasteiger partial charge in [-0.2, -0.15) is 0 Å². The molecular weight excluding hydrogens is 226 g/mol. The molecule has 2 aliphatic rings. The van der Waals surface area contributed by atoms with Crippen LogP contribution in [0.1, 0.15) is 25.3 Å². The Morgan fingerprint density at radius 2 is 2.28 bits per heavy atom. The monoisotopic (exact) mass is 243 g/mol. The number of benzene rings is 1. The maximum absolute atomic E-state index is 6.26. The third-order valence-electron chi connectivity index (χ3n) is 4.05. The van der Waals surface area contributed by atoms with Crippen molar-refractivity contribution in [3.05, 3.63) is 35.4 Å². The Bertz CT molecular complexity index is 521. The lowest BCUT2D eigenvalue weighted by atomic mass is 9.65. The molecule has 3 nitrogen and oxygen atoms in total. The van der Waals surface area contributed by atoms with Crippen LogP contribution in [0.4, 0.5) is 0 Å². The minimum absolute atomic E-state index is 0.198. The molecule has 18 heavy (non-hydrogen) atoms. The second-order valence-electron chi connectivity index (χ2n) is 4.99. The maximum Gasteiger partial charge on any atom is 0.138 e. The van der Waals surface area contributed by atoms with Crippen LogP contribution >= 0.6 is 0 Å². The van der Waals surface area contributed by atoms with E-state index in [1.165, 1.54) is 6.42 Å². The molecule has 0 aromatic heterocycles. The Morgan fingerprint density at radius 1 is 1.44 bits per heavy atom. The average Bonchev–Trinajstić information content (AvgIpc) is 2.42. The van der Waals surface area contributed by atoms with Gasteiger partial charge < -0.3 is 9.57 Å². The number of fused-ring (bicyclic) bond motifs is 1. The summed E-state index contributed by atoms with van der Waals surface area (Å²) < 4.78 is 6.26. The summed E-state index contributed by atoms with van der Waals surface area (Å²) in [5.74, 6) is 1.49. The van der Waals surface area contributed by atoms with Crippen LogP contribution in [0.5, 0.6) is 5.75 Å². The third kappa shape index (κ3) is 1.54. The molecule has 1 aliphatic heterocycles. The van der Waals surface area contributed by atoms with Crippen molar-refractivity contribution in [2.24, 2.45) is 11.1 Å². The first-order valence-corrected chi connectivity index (χ1v) is 6.33. The summed E-state index contributed by atoms with van der Waals surface area (Å²) in [6.45, 7) is 2.23. The lowest BCUT2D eigenvalue weighted by Gasteiger charge is -2.50. The summed E-state index contributed by atoms with van der Waals surface area (Å²) in [6, 6.07) is 8.12. The standard InChI is InChI=1S/C15H17NO2/c1-11-7-8-15(11)13(10-16-17-2)9-12-5-3-4-6-14(12)18-15/h3-6,9-11H,7-8H2,1-2H3. The number of para-hydroxylation sites is 1. The molecule has 1 aliphatic carbocycles. The Kier molecular flexibility index (Phi) is 2.62. The van der Waals surface area contributed by atoms with Gasteiger partial charge in [0, 0.05) is 17.1 Å². The molecule has 2 atom stereocenters. The first kappa shape index (κ1) is 11.3. The molecule has 1 heterocycles. The van der Waals surface area contributed by atoms with Crippen LogP contribution in [0.15, 0.2) is 35.0 Å². The number of hydrogen-bond acceptors (Lipinski definition) is 3. The van der Waals surface area contributed by atoms with E-state index < -0.39 is 0 Å². The quantitative estimate of drug-likeness (QED) is 0.589. The molecule has 3 rings (SSSR count). The van der Waals surface area contributed by atoms with Crippen LogP contribution in [-0.4, -0.2) is 18.9 Å². The van der Waals surface area contributed by atoms with E-state index in [4.69, 9.17) is 9.57 Å². The summed E-state index contributed by atoms with van der Waals surface area (Å²) in [4.78, 5) is 4.80. The van der Waals surface area contributed by atoms with Crippen molar-refractivity contribution in [1.29, 1.82) is 0 Å².